The summed E-state index contributed by atoms with van der Waals surface area (Å²) in [5, 5.41) is 0. The van der Waals surface area contributed by atoms with Gasteiger partial charge in [-0.1, -0.05) is 0 Å². The summed E-state index contributed by atoms with van der Waals surface area (Å²) in [6.45, 7) is 0. The zero-order valence-electron chi connectivity index (χ0n) is 4.04. The number of aromatic nitrogens is 1. The van der Waals surface area contributed by atoms with Gasteiger partial charge in [-0.25, -0.2) is 0 Å². The molecule has 0 bridgehead atoms. The van der Waals surface area contributed by atoms with Gasteiger partial charge in [-0.05, 0) is 0 Å². The minimum atomic E-state index is 1.18. The maximum absolute atomic E-state index is 2.12. The van der Waals surface area contributed by atoms with Crippen LogP contribution in [0, 0.1) is 0 Å². The van der Waals surface area contributed by atoms with Gasteiger partial charge in [0, 0.05) is 0 Å². The third-order valence-electron chi connectivity index (χ3n) is 0.777. The van der Waals surface area contributed by atoms with Crippen molar-refractivity contribution >= 4 is 0 Å². The van der Waals surface area contributed by atoms with E-state index in [4.69, 9.17) is 0 Å². The first-order chi connectivity index (χ1) is 3.39. The van der Waals surface area contributed by atoms with E-state index in [1.54, 1.807) is 0 Å². The first-order valence-electron chi connectivity index (χ1n) is 2.17. The first kappa shape index (κ1) is 4.92. The van der Waals surface area contributed by atoms with E-state index < -0.39 is 0 Å². The van der Waals surface area contributed by atoms with Crippen LogP contribution < -0.4 is 3.31 Å². The Morgan fingerprint density at radius 3 is 1.86 bits per heavy atom. The van der Waals surface area contributed by atoms with Crippen molar-refractivity contribution in [2.75, 3.05) is 0 Å². The molecule has 0 fully saturated rings. The molecule has 1 rings (SSSR count). The molecular weight excluding hydrogens is 139 g/mol. The average Bonchev–Trinajstić information content (AvgIpc) is 1.69. The van der Waals surface area contributed by atoms with Gasteiger partial charge in [0.2, 0.25) is 0 Å². The third-order valence-corrected chi connectivity index (χ3v) is 1.66. The molecule has 0 aliphatic rings. The zero-order chi connectivity index (χ0) is 5.11. The molecule has 0 saturated carbocycles. The molecule has 0 aromatic carbocycles. The van der Waals surface area contributed by atoms with Crippen LogP contribution in [0.15, 0.2) is 30.6 Å². The molecule has 1 nitrogen and oxygen atoms in total. The Balaban J connectivity index is 3.02. The van der Waals surface area contributed by atoms with E-state index in [9.17, 15) is 0 Å². The molecule has 0 radical (unpaired) electrons. The standard InChI is InChI=1S/C5H5N.Zn/c1-2-4-6-5-3-1;/h1-5H;/q;+1. The Hall–Kier alpha value is -0.227. The van der Waals surface area contributed by atoms with E-state index in [0.717, 1.165) is 0 Å². The normalized spacial score (nSPS) is 8.86. The molecule has 0 spiro atoms. The van der Waals surface area contributed by atoms with Crippen LogP contribution in [-0.4, -0.2) is 0 Å². The third kappa shape index (κ3) is 1.36. The van der Waals surface area contributed by atoms with Crippen molar-refractivity contribution in [2.45, 2.75) is 0 Å². The van der Waals surface area contributed by atoms with Crippen LogP contribution in [-0.2, 0) is 18.5 Å². The molecule has 0 N–H and O–H groups in total. The predicted octanol–water partition coefficient (Wildman–Crippen LogP) is 0.284. The summed E-state index contributed by atoms with van der Waals surface area (Å²) in [6, 6.07) is 6.08. The minimum absolute atomic E-state index is 1.18. The molecule has 0 amide bonds. The van der Waals surface area contributed by atoms with Crippen molar-refractivity contribution < 1.29 is 21.9 Å². The fourth-order valence-corrected chi connectivity index (χ4v) is 0.945. The second kappa shape index (κ2) is 2.18. The van der Waals surface area contributed by atoms with Crippen LogP contribution in [0.5, 0.6) is 0 Å². The summed E-state index contributed by atoms with van der Waals surface area (Å²) < 4.78 is 2.12. The van der Waals surface area contributed by atoms with Crippen molar-refractivity contribution in [3.8, 4) is 0 Å². The van der Waals surface area contributed by atoms with E-state index in [0.29, 0.717) is 0 Å². The molecule has 1 aromatic heterocycles. The number of hydrogen-bond donors (Lipinski definition) is 0. The van der Waals surface area contributed by atoms with E-state index in [-0.39, 0.29) is 0 Å². The van der Waals surface area contributed by atoms with Crippen LogP contribution in [0.1, 0.15) is 0 Å². The molecule has 1 heterocycles. The Bertz CT molecular complexity index is 138. The van der Waals surface area contributed by atoms with Crippen LogP contribution in [0.3, 0.4) is 0 Å². The van der Waals surface area contributed by atoms with Gasteiger partial charge in [0.05, 0.1) is 0 Å². The number of hydrogen-bond acceptors (Lipinski definition) is 0. The second-order valence-corrected chi connectivity index (χ2v) is 2.92. The van der Waals surface area contributed by atoms with Crippen molar-refractivity contribution in [1.82, 2.24) is 0 Å². The molecule has 0 saturated heterocycles. The fraction of sp³-hybridized carbons (Fsp3) is 0. The number of rotatable bonds is 0. The van der Waals surface area contributed by atoms with Crippen molar-refractivity contribution in [2.24, 2.45) is 0 Å². The molecule has 0 aliphatic carbocycles. The first-order valence-corrected chi connectivity index (χ1v) is 3.49. The topological polar surface area (TPSA) is 3.88 Å². The molecule has 0 unspecified atom stereocenters. The molecule has 31 valence electrons. The van der Waals surface area contributed by atoms with Gasteiger partial charge in [0.15, 0.2) is 0 Å². The Morgan fingerprint density at radius 2 is 1.57 bits per heavy atom. The molecule has 0 atom stereocenters. The van der Waals surface area contributed by atoms with Gasteiger partial charge in [-0.15, -0.1) is 0 Å². The summed E-state index contributed by atoms with van der Waals surface area (Å²) in [5.41, 5.74) is 0. The van der Waals surface area contributed by atoms with Crippen molar-refractivity contribution in [3.63, 3.8) is 0 Å². The quantitative estimate of drug-likeness (QED) is 0.461. The van der Waals surface area contributed by atoms with Gasteiger partial charge in [-0.3, -0.25) is 0 Å². The molecule has 0 aliphatic heterocycles. The SMILES string of the molecule is [Zn][n+]1ccccc1. The summed E-state index contributed by atoms with van der Waals surface area (Å²) in [4.78, 5) is 0. The van der Waals surface area contributed by atoms with Crippen LogP contribution in [0.4, 0.5) is 0 Å². The van der Waals surface area contributed by atoms with Crippen LogP contribution >= 0.6 is 0 Å². The molecule has 7 heavy (non-hydrogen) atoms. The van der Waals surface area contributed by atoms with Crippen LogP contribution in [0.25, 0.3) is 0 Å². The maximum atomic E-state index is 2.12. The van der Waals surface area contributed by atoms with Crippen LogP contribution in [0.2, 0.25) is 0 Å². The van der Waals surface area contributed by atoms with E-state index >= 15 is 0 Å². The zero-order valence-corrected chi connectivity index (χ0v) is 7.01. The Labute approximate surface area is 52.9 Å². The van der Waals surface area contributed by atoms with Gasteiger partial charge in [0.25, 0.3) is 0 Å². The van der Waals surface area contributed by atoms with Gasteiger partial charge in [0.1, 0.15) is 0 Å². The Kier molecular flexibility index (Phi) is 1.53. The summed E-state index contributed by atoms with van der Waals surface area (Å²) in [5.74, 6) is 0. The van der Waals surface area contributed by atoms with Gasteiger partial charge >= 0.3 is 52.4 Å². The summed E-state index contributed by atoms with van der Waals surface area (Å²) in [6.07, 6.45) is 4.11. The van der Waals surface area contributed by atoms with E-state index in [1.165, 1.54) is 18.5 Å². The fourth-order valence-electron chi connectivity index (χ4n) is 0.434. The van der Waals surface area contributed by atoms with E-state index in [2.05, 4.69) is 15.7 Å². The summed E-state index contributed by atoms with van der Waals surface area (Å²) >= 11 is 1.18. The number of nitrogens with zero attached hydrogens (tertiary/aromatic N) is 1. The monoisotopic (exact) mass is 143 g/mol. The van der Waals surface area contributed by atoms with Crippen molar-refractivity contribution in [3.05, 3.63) is 30.6 Å². The average molecular weight is 144 g/mol. The Morgan fingerprint density at radius 1 is 1.00 bits per heavy atom. The second-order valence-electron chi connectivity index (χ2n) is 1.39. The van der Waals surface area contributed by atoms with Crippen molar-refractivity contribution in [1.29, 1.82) is 0 Å². The molecule has 2 heteroatoms. The number of pyridine rings is 1. The molecular formula is C5H5NZn+. The predicted molar refractivity (Wildman–Crippen MR) is 22.0 cm³/mol. The molecule has 1 aromatic rings. The van der Waals surface area contributed by atoms with Gasteiger partial charge < -0.3 is 0 Å². The summed E-state index contributed by atoms with van der Waals surface area (Å²) in [7, 11) is 0. The van der Waals surface area contributed by atoms with Gasteiger partial charge in [-0.2, -0.15) is 0 Å². The van der Waals surface area contributed by atoms with E-state index in [1.807, 2.05) is 18.2 Å².